The summed E-state index contributed by atoms with van der Waals surface area (Å²) >= 11 is 0. The second-order valence-corrected chi connectivity index (χ2v) is 4.88. The molecule has 0 fully saturated rings. The normalized spacial score (nSPS) is 10.8. The van der Waals surface area contributed by atoms with E-state index < -0.39 is 0 Å². The fourth-order valence-electron chi connectivity index (χ4n) is 1.35. The van der Waals surface area contributed by atoms with Crippen molar-refractivity contribution in [3.63, 3.8) is 0 Å². The summed E-state index contributed by atoms with van der Waals surface area (Å²) < 4.78 is 5.05. The maximum atomic E-state index is 11.6. The molecule has 0 unspecified atom stereocenters. The minimum absolute atomic E-state index is 0.0201. The van der Waals surface area contributed by atoms with Crippen molar-refractivity contribution in [3.8, 4) is 5.75 Å². The predicted molar refractivity (Wildman–Crippen MR) is 69.4 cm³/mol. The molecule has 0 aliphatic heterocycles. The van der Waals surface area contributed by atoms with Crippen molar-refractivity contribution >= 4 is 11.6 Å². The molecule has 0 saturated carbocycles. The lowest BCUT2D eigenvalue weighted by Crippen LogP contribution is -2.43. The van der Waals surface area contributed by atoms with Crippen molar-refractivity contribution in [1.82, 2.24) is 5.32 Å². The van der Waals surface area contributed by atoms with E-state index in [0.717, 1.165) is 11.4 Å². The van der Waals surface area contributed by atoms with E-state index in [1.807, 2.05) is 45.0 Å². The van der Waals surface area contributed by atoms with Gasteiger partial charge in [0.25, 0.3) is 0 Å². The lowest BCUT2D eigenvalue weighted by molar-refractivity contribution is -0.120. The third kappa shape index (κ3) is 5.24. The van der Waals surface area contributed by atoms with Crippen LogP contribution in [0, 0.1) is 0 Å². The Bertz CT molecular complexity index is 366. The van der Waals surface area contributed by atoms with Gasteiger partial charge >= 0.3 is 0 Å². The molecule has 1 rings (SSSR count). The van der Waals surface area contributed by atoms with Gasteiger partial charge in [-0.25, -0.2) is 0 Å². The fourth-order valence-corrected chi connectivity index (χ4v) is 1.35. The van der Waals surface area contributed by atoms with Crippen molar-refractivity contribution in [2.75, 3.05) is 19.0 Å². The number of rotatable bonds is 4. The van der Waals surface area contributed by atoms with Crippen LogP contribution < -0.4 is 15.4 Å². The van der Waals surface area contributed by atoms with Crippen LogP contribution in [0.1, 0.15) is 20.8 Å². The number of hydrogen-bond acceptors (Lipinski definition) is 3. The van der Waals surface area contributed by atoms with Crippen LogP contribution in [0.3, 0.4) is 0 Å². The third-order valence-electron chi connectivity index (χ3n) is 2.06. The Morgan fingerprint density at radius 1 is 1.24 bits per heavy atom. The molecule has 1 aromatic rings. The van der Waals surface area contributed by atoms with E-state index in [2.05, 4.69) is 10.6 Å². The molecule has 1 amide bonds. The van der Waals surface area contributed by atoms with Crippen molar-refractivity contribution in [3.05, 3.63) is 24.3 Å². The molecule has 0 radical (unpaired) electrons. The number of hydrogen-bond donors (Lipinski definition) is 2. The Hall–Kier alpha value is -1.71. The maximum Gasteiger partial charge on any atom is 0.239 e. The van der Waals surface area contributed by atoms with Crippen LogP contribution in [-0.4, -0.2) is 25.1 Å². The lowest BCUT2D eigenvalue weighted by Gasteiger charge is -2.20. The Morgan fingerprint density at radius 3 is 2.29 bits per heavy atom. The van der Waals surface area contributed by atoms with Gasteiger partial charge in [-0.2, -0.15) is 0 Å². The largest absolute Gasteiger partial charge is 0.497 e. The van der Waals surface area contributed by atoms with Gasteiger partial charge in [-0.15, -0.1) is 0 Å². The smallest absolute Gasteiger partial charge is 0.239 e. The van der Waals surface area contributed by atoms with Gasteiger partial charge in [0.15, 0.2) is 0 Å². The van der Waals surface area contributed by atoms with Crippen LogP contribution in [0.4, 0.5) is 5.69 Å². The molecule has 0 aromatic heterocycles. The Kier molecular flexibility index (Phi) is 4.37. The first-order chi connectivity index (χ1) is 7.90. The molecule has 0 aliphatic rings. The van der Waals surface area contributed by atoms with E-state index in [9.17, 15) is 4.79 Å². The third-order valence-corrected chi connectivity index (χ3v) is 2.06. The van der Waals surface area contributed by atoms with Gasteiger partial charge in [0.05, 0.1) is 13.7 Å². The first-order valence-corrected chi connectivity index (χ1v) is 5.59. The molecule has 2 N–H and O–H groups in total. The summed E-state index contributed by atoms with van der Waals surface area (Å²) in [7, 11) is 1.62. The number of benzene rings is 1. The predicted octanol–water partition coefficient (Wildman–Crippen LogP) is 2.02. The van der Waals surface area contributed by atoms with Crippen LogP contribution in [0.2, 0.25) is 0 Å². The van der Waals surface area contributed by atoms with Gasteiger partial charge < -0.3 is 15.4 Å². The summed E-state index contributed by atoms with van der Waals surface area (Å²) in [5.41, 5.74) is 0.702. The van der Waals surface area contributed by atoms with Crippen molar-refractivity contribution in [2.24, 2.45) is 0 Å². The molecule has 1 aromatic carbocycles. The molecule has 94 valence electrons. The second-order valence-electron chi connectivity index (χ2n) is 4.88. The van der Waals surface area contributed by atoms with Crippen LogP contribution in [0.5, 0.6) is 5.75 Å². The van der Waals surface area contributed by atoms with Crippen molar-refractivity contribution in [1.29, 1.82) is 0 Å². The molecule has 0 heterocycles. The molecule has 17 heavy (non-hydrogen) atoms. The summed E-state index contributed by atoms with van der Waals surface area (Å²) in [4.78, 5) is 11.6. The average molecular weight is 236 g/mol. The topological polar surface area (TPSA) is 50.4 Å². The summed E-state index contributed by atoms with van der Waals surface area (Å²) in [6.07, 6.45) is 0. The number of carbonyl (C=O) groups excluding carboxylic acids is 1. The number of ether oxygens (including phenoxy) is 1. The molecule has 0 aliphatic carbocycles. The first-order valence-electron chi connectivity index (χ1n) is 5.59. The zero-order chi connectivity index (χ0) is 12.9. The fraction of sp³-hybridized carbons (Fsp3) is 0.462. The molecule has 0 atom stereocenters. The first kappa shape index (κ1) is 13.4. The molecule has 0 spiro atoms. The molecule has 0 saturated heterocycles. The number of methoxy groups -OCH3 is 1. The number of carbonyl (C=O) groups is 1. The quantitative estimate of drug-likeness (QED) is 0.841. The highest BCUT2D eigenvalue weighted by atomic mass is 16.5. The van der Waals surface area contributed by atoms with Crippen molar-refractivity contribution in [2.45, 2.75) is 26.3 Å². The molecular formula is C13H20N2O2. The zero-order valence-electron chi connectivity index (χ0n) is 10.8. The van der Waals surface area contributed by atoms with Gasteiger partial charge in [-0.05, 0) is 45.0 Å². The van der Waals surface area contributed by atoms with E-state index in [1.54, 1.807) is 7.11 Å². The Morgan fingerprint density at radius 2 is 1.82 bits per heavy atom. The van der Waals surface area contributed by atoms with Gasteiger partial charge in [0.1, 0.15) is 5.75 Å². The molecule has 4 heteroatoms. The van der Waals surface area contributed by atoms with Crippen LogP contribution >= 0.6 is 0 Å². The van der Waals surface area contributed by atoms with E-state index in [1.165, 1.54) is 0 Å². The summed E-state index contributed by atoms with van der Waals surface area (Å²) in [6, 6.07) is 7.46. The highest BCUT2D eigenvalue weighted by Crippen LogP contribution is 2.14. The Labute approximate surface area is 102 Å². The highest BCUT2D eigenvalue weighted by molar-refractivity contribution is 5.81. The van der Waals surface area contributed by atoms with Gasteiger partial charge in [-0.1, -0.05) is 0 Å². The minimum Gasteiger partial charge on any atom is -0.497 e. The number of amides is 1. The summed E-state index contributed by atoms with van der Waals surface area (Å²) in [5, 5.41) is 5.94. The van der Waals surface area contributed by atoms with Gasteiger partial charge in [0.2, 0.25) is 5.91 Å². The second kappa shape index (κ2) is 5.57. The summed E-state index contributed by atoms with van der Waals surface area (Å²) in [5.74, 6) is 0.781. The molecule has 4 nitrogen and oxygen atoms in total. The van der Waals surface area contributed by atoms with Crippen LogP contribution in [0.25, 0.3) is 0 Å². The van der Waals surface area contributed by atoms with E-state index in [-0.39, 0.29) is 18.0 Å². The van der Waals surface area contributed by atoms with E-state index in [4.69, 9.17) is 4.74 Å². The highest BCUT2D eigenvalue weighted by Gasteiger charge is 2.12. The zero-order valence-corrected chi connectivity index (χ0v) is 10.8. The van der Waals surface area contributed by atoms with Crippen LogP contribution in [0.15, 0.2) is 24.3 Å². The number of nitrogens with one attached hydrogen (secondary N) is 2. The van der Waals surface area contributed by atoms with E-state index in [0.29, 0.717) is 0 Å². The Balaban J connectivity index is 2.42. The molecular weight excluding hydrogens is 216 g/mol. The lowest BCUT2D eigenvalue weighted by atomic mass is 10.1. The van der Waals surface area contributed by atoms with Crippen LogP contribution in [-0.2, 0) is 4.79 Å². The monoisotopic (exact) mass is 236 g/mol. The number of anilines is 1. The minimum atomic E-state index is -0.196. The van der Waals surface area contributed by atoms with E-state index >= 15 is 0 Å². The standard InChI is InChI=1S/C13H20N2O2/c1-13(2,3)15-12(16)9-14-10-5-7-11(17-4)8-6-10/h5-8,14H,9H2,1-4H3,(H,15,16). The average Bonchev–Trinajstić information content (AvgIpc) is 2.25. The van der Waals surface area contributed by atoms with Gasteiger partial charge in [-0.3, -0.25) is 4.79 Å². The molecule has 0 bridgehead atoms. The van der Waals surface area contributed by atoms with Crippen molar-refractivity contribution < 1.29 is 9.53 Å². The maximum absolute atomic E-state index is 11.6. The SMILES string of the molecule is COc1ccc(NCC(=O)NC(C)(C)C)cc1. The van der Waals surface area contributed by atoms with Gasteiger partial charge in [0, 0.05) is 11.2 Å². The summed E-state index contributed by atoms with van der Waals surface area (Å²) in [6.45, 7) is 6.14.